The topological polar surface area (TPSA) is 30.7 Å². The van der Waals surface area contributed by atoms with Gasteiger partial charge in [-0.15, -0.1) is 11.3 Å². The second-order valence-electron chi connectivity index (χ2n) is 10.6. The van der Waals surface area contributed by atoms with E-state index < -0.39 is 0 Å². The average Bonchev–Trinajstić information content (AvgIpc) is 3.60. The molecule has 6 aromatic carbocycles. The maximum atomic E-state index is 5.32. The Balaban J connectivity index is 1.34. The predicted molar refractivity (Wildman–Crippen MR) is 178 cm³/mol. The fraction of sp³-hybridized carbons (Fsp3) is 0. The molecule has 42 heavy (non-hydrogen) atoms. The molecule has 0 N–H and O–H groups in total. The van der Waals surface area contributed by atoms with Gasteiger partial charge in [-0.3, -0.25) is 0 Å². The zero-order chi connectivity index (χ0) is 27.6. The van der Waals surface area contributed by atoms with Gasteiger partial charge < -0.3 is 4.57 Å². The molecule has 0 radical (unpaired) electrons. The lowest BCUT2D eigenvalue weighted by Gasteiger charge is -2.11. The summed E-state index contributed by atoms with van der Waals surface area (Å²) in [6, 6.07) is 49.3. The third kappa shape index (κ3) is 3.46. The Morgan fingerprint density at radius 2 is 1.19 bits per heavy atom. The molecular formula is C38H23N3S. The highest BCUT2D eigenvalue weighted by molar-refractivity contribution is 7.26. The van der Waals surface area contributed by atoms with E-state index >= 15 is 0 Å². The van der Waals surface area contributed by atoms with Crippen LogP contribution >= 0.6 is 11.3 Å². The molecule has 0 saturated heterocycles. The number of hydrogen-bond acceptors (Lipinski definition) is 3. The number of thiophene rings is 1. The second kappa shape index (κ2) is 9.10. The third-order valence-electron chi connectivity index (χ3n) is 8.19. The van der Waals surface area contributed by atoms with Crippen LogP contribution in [0.4, 0.5) is 0 Å². The normalized spacial score (nSPS) is 11.8. The summed E-state index contributed by atoms with van der Waals surface area (Å²) in [7, 11) is 0. The van der Waals surface area contributed by atoms with Crippen LogP contribution in [0.2, 0.25) is 0 Å². The van der Waals surface area contributed by atoms with Gasteiger partial charge in [0.25, 0.3) is 0 Å². The average molecular weight is 554 g/mol. The minimum atomic E-state index is 0.735. The fourth-order valence-electron chi connectivity index (χ4n) is 6.34. The van der Waals surface area contributed by atoms with E-state index in [1.165, 1.54) is 42.0 Å². The van der Waals surface area contributed by atoms with E-state index in [-0.39, 0.29) is 0 Å². The molecule has 196 valence electrons. The second-order valence-corrected chi connectivity index (χ2v) is 11.7. The van der Waals surface area contributed by atoms with Gasteiger partial charge in [-0.05, 0) is 54.6 Å². The summed E-state index contributed by atoms with van der Waals surface area (Å²) in [5.74, 6) is 0.735. The van der Waals surface area contributed by atoms with Crippen molar-refractivity contribution < 1.29 is 0 Å². The maximum absolute atomic E-state index is 5.32. The summed E-state index contributed by atoms with van der Waals surface area (Å²) in [4.78, 5) is 10.5. The summed E-state index contributed by atoms with van der Waals surface area (Å²) < 4.78 is 4.87. The van der Waals surface area contributed by atoms with Crippen molar-refractivity contribution >= 4 is 64.2 Å². The Labute approximate surface area is 246 Å². The van der Waals surface area contributed by atoms with Crippen molar-refractivity contribution in [3.63, 3.8) is 0 Å². The van der Waals surface area contributed by atoms with Crippen molar-refractivity contribution in [3.8, 4) is 28.3 Å². The van der Waals surface area contributed by atoms with Crippen molar-refractivity contribution in [2.75, 3.05) is 0 Å². The largest absolute Gasteiger partial charge is 0.309 e. The molecule has 0 amide bonds. The quantitative estimate of drug-likeness (QED) is 0.218. The van der Waals surface area contributed by atoms with E-state index in [9.17, 15) is 0 Å². The fourth-order valence-corrected chi connectivity index (χ4v) is 7.45. The van der Waals surface area contributed by atoms with Crippen molar-refractivity contribution in [1.29, 1.82) is 0 Å². The first-order valence-corrected chi connectivity index (χ1v) is 14.9. The minimum Gasteiger partial charge on any atom is -0.309 e. The Morgan fingerprint density at radius 1 is 0.476 bits per heavy atom. The standard InChI is InChI=1S/C38H23N3S/c1-3-11-24(12-4-1)37-36-30(20-22-34-35(36)28-16-8-10-18-33(28)42-34)39-38(40-37)25-19-21-32-29(23-25)27-15-7-9-17-31(27)41(32)26-13-5-2-6-14-26/h1-23H. The van der Waals surface area contributed by atoms with Crippen LogP contribution in [0.15, 0.2) is 140 Å². The smallest absolute Gasteiger partial charge is 0.160 e. The summed E-state index contributed by atoms with van der Waals surface area (Å²) in [5.41, 5.74) is 7.53. The van der Waals surface area contributed by atoms with E-state index in [1.54, 1.807) is 0 Å². The van der Waals surface area contributed by atoms with E-state index in [1.807, 2.05) is 11.3 Å². The Bertz CT molecular complexity index is 2460. The molecule has 0 aliphatic carbocycles. The van der Waals surface area contributed by atoms with Crippen LogP contribution in [0.5, 0.6) is 0 Å². The van der Waals surface area contributed by atoms with Crippen molar-refractivity contribution in [2.24, 2.45) is 0 Å². The highest BCUT2D eigenvalue weighted by Crippen LogP contribution is 2.42. The Morgan fingerprint density at radius 3 is 2.05 bits per heavy atom. The van der Waals surface area contributed by atoms with Gasteiger partial charge in [0, 0.05) is 53.1 Å². The van der Waals surface area contributed by atoms with Gasteiger partial charge in [0.15, 0.2) is 5.82 Å². The lowest BCUT2D eigenvalue weighted by Crippen LogP contribution is -1.96. The molecule has 4 heteroatoms. The van der Waals surface area contributed by atoms with Crippen LogP contribution in [0, 0.1) is 0 Å². The van der Waals surface area contributed by atoms with E-state index in [2.05, 4.69) is 144 Å². The molecule has 0 unspecified atom stereocenters. The van der Waals surface area contributed by atoms with Gasteiger partial charge in [-0.25, -0.2) is 9.97 Å². The molecule has 9 aromatic rings. The van der Waals surface area contributed by atoms with Crippen molar-refractivity contribution in [2.45, 2.75) is 0 Å². The Hall–Kier alpha value is -5.32. The van der Waals surface area contributed by atoms with Gasteiger partial charge in [-0.1, -0.05) is 84.9 Å². The number of para-hydroxylation sites is 2. The van der Waals surface area contributed by atoms with Crippen molar-refractivity contribution in [3.05, 3.63) is 140 Å². The molecule has 0 spiro atoms. The highest BCUT2D eigenvalue weighted by Gasteiger charge is 2.19. The molecule has 3 nitrogen and oxygen atoms in total. The van der Waals surface area contributed by atoms with Gasteiger partial charge in [0.1, 0.15) is 0 Å². The van der Waals surface area contributed by atoms with E-state index in [0.717, 1.165) is 39.2 Å². The van der Waals surface area contributed by atoms with Crippen LogP contribution in [-0.4, -0.2) is 14.5 Å². The lowest BCUT2D eigenvalue weighted by atomic mass is 10.0. The van der Waals surface area contributed by atoms with Gasteiger partial charge in [0.05, 0.1) is 22.2 Å². The van der Waals surface area contributed by atoms with Gasteiger partial charge in [-0.2, -0.15) is 0 Å². The molecule has 0 aliphatic rings. The number of rotatable bonds is 3. The lowest BCUT2D eigenvalue weighted by molar-refractivity contribution is 1.18. The first-order chi connectivity index (χ1) is 20.8. The van der Waals surface area contributed by atoms with Crippen molar-refractivity contribution in [1.82, 2.24) is 14.5 Å². The SMILES string of the molecule is c1ccc(-c2nc(-c3ccc4c(c3)c3ccccc3n4-c3ccccc3)nc3ccc4sc5ccccc5c4c23)cc1. The number of aromatic nitrogens is 3. The summed E-state index contributed by atoms with van der Waals surface area (Å²) in [5, 5.41) is 6.01. The van der Waals surface area contributed by atoms with E-state index in [4.69, 9.17) is 9.97 Å². The Kier molecular flexibility index (Phi) is 5.07. The monoisotopic (exact) mass is 553 g/mol. The van der Waals surface area contributed by atoms with Crippen LogP contribution in [0.1, 0.15) is 0 Å². The third-order valence-corrected chi connectivity index (χ3v) is 9.33. The summed E-state index contributed by atoms with van der Waals surface area (Å²) in [6.45, 7) is 0. The van der Waals surface area contributed by atoms with Crippen LogP contribution in [-0.2, 0) is 0 Å². The molecule has 3 heterocycles. The number of benzene rings is 6. The first kappa shape index (κ1) is 23.4. The molecule has 0 aliphatic heterocycles. The zero-order valence-corrected chi connectivity index (χ0v) is 23.3. The summed E-state index contributed by atoms with van der Waals surface area (Å²) >= 11 is 1.83. The van der Waals surface area contributed by atoms with Gasteiger partial charge in [0.2, 0.25) is 0 Å². The maximum Gasteiger partial charge on any atom is 0.160 e. The summed E-state index contributed by atoms with van der Waals surface area (Å²) in [6.07, 6.45) is 0. The minimum absolute atomic E-state index is 0.735. The van der Waals surface area contributed by atoms with Crippen LogP contribution in [0.25, 0.3) is 81.2 Å². The van der Waals surface area contributed by atoms with Gasteiger partial charge >= 0.3 is 0 Å². The molecular weight excluding hydrogens is 531 g/mol. The van der Waals surface area contributed by atoms with E-state index in [0.29, 0.717) is 0 Å². The number of hydrogen-bond donors (Lipinski definition) is 0. The van der Waals surface area contributed by atoms with Crippen LogP contribution in [0.3, 0.4) is 0 Å². The number of nitrogens with zero attached hydrogens (tertiary/aromatic N) is 3. The molecule has 0 saturated carbocycles. The molecule has 0 fully saturated rings. The molecule has 3 aromatic heterocycles. The molecule has 9 rings (SSSR count). The predicted octanol–water partition coefficient (Wildman–Crippen LogP) is 10.4. The molecule has 0 atom stereocenters. The highest BCUT2D eigenvalue weighted by atomic mass is 32.1. The first-order valence-electron chi connectivity index (χ1n) is 14.1. The zero-order valence-electron chi connectivity index (χ0n) is 22.5. The van der Waals surface area contributed by atoms with Crippen LogP contribution < -0.4 is 0 Å². The number of fused-ring (bicyclic) bond motifs is 8. The molecule has 0 bridgehead atoms.